The Morgan fingerprint density at radius 3 is 2.88 bits per heavy atom. The van der Waals surface area contributed by atoms with E-state index in [4.69, 9.17) is 16.9 Å². The van der Waals surface area contributed by atoms with Gasteiger partial charge in [0.2, 0.25) is 0 Å². The molecule has 0 spiro atoms. The van der Waals surface area contributed by atoms with Crippen LogP contribution >= 0.6 is 11.6 Å². The fourth-order valence-corrected chi connectivity index (χ4v) is 1.72. The third kappa shape index (κ3) is 2.83. The number of nitrogens with zero attached hydrogens (tertiary/aromatic N) is 3. The molecular weight excluding hydrogens is 241 g/mol. The summed E-state index contributed by atoms with van der Waals surface area (Å²) in [5.74, 6) is -0.0590. The minimum absolute atomic E-state index is 0.317. The Balaban J connectivity index is 2.24. The molecule has 2 rings (SSSR count). The summed E-state index contributed by atoms with van der Waals surface area (Å²) in [6.45, 7) is 0.469. The van der Waals surface area contributed by atoms with Crippen molar-refractivity contribution < 1.29 is 4.39 Å². The molecule has 86 valence electrons. The lowest BCUT2D eigenvalue weighted by atomic mass is 10.1. The number of hydrogen-bond acceptors (Lipinski definition) is 2. The average molecular weight is 250 g/mol. The molecule has 1 aromatic carbocycles. The summed E-state index contributed by atoms with van der Waals surface area (Å²) in [7, 11) is 0. The standard InChI is InChI=1S/C12H9ClFN3/c13-4-12-7-17(8-16-12)6-10-1-9(5-15)2-11(14)3-10/h1-3,7-8H,4,6H2. The molecule has 0 N–H and O–H groups in total. The molecule has 0 unspecified atom stereocenters. The summed E-state index contributed by atoms with van der Waals surface area (Å²) in [6.07, 6.45) is 3.43. The number of imidazole rings is 1. The molecule has 0 bridgehead atoms. The highest BCUT2D eigenvalue weighted by molar-refractivity contribution is 6.16. The molecule has 0 aliphatic rings. The lowest BCUT2D eigenvalue weighted by Crippen LogP contribution is -1.97. The van der Waals surface area contributed by atoms with Crippen LogP contribution in [0.25, 0.3) is 0 Å². The molecule has 1 aromatic heterocycles. The van der Waals surface area contributed by atoms with E-state index in [2.05, 4.69) is 4.98 Å². The van der Waals surface area contributed by atoms with Gasteiger partial charge in [-0.3, -0.25) is 0 Å². The van der Waals surface area contributed by atoms with Crippen molar-refractivity contribution in [3.63, 3.8) is 0 Å². The van der Waals surface area contributed by atoms with Crippen LogP contribution in [-0.4, -0.2) is 9.55 Å². The van der Waals surface area contributed by atoms with Crippen molar-refractivity contribution in [2.45, 2.75) is 12.4 Å². The van der Waals surface area contributed by atoms with Gasteiger partial charge in [0, 0.05) is 12.7 Å². The van der Waals surface area contributed by atoms with Gasteiger partial charge in [0.05, 0.1) is 29.5 Å². The van der Waals surface area contributed by atoms with E-state index in [1.54, 1.807) is 23.2 Å². The van der Waals surface area contributed by atoms with Gasteiger partial charge in [-0.1, -0.05) is 0 Å². The zero-order valence-electron chi connectivity index (χ0n) is 8.90. The number of hydrogen-bond donors (Lipinski definition) is 0. The van der Waals surface area contributed by atoms with Crippen molar-refractivity contribution in [3.05, 3.63) is 53.4 Å². The molecule has 1 heterocycles. The largest absolute Gasteiger partial charge is 0.333 e. The Bertz CT molecular complexity index is 571. The Morgan fingerprint density at radius 2 is 2.24 bits per heavy atom. The zero-order chi connectivity index (χ0) is 12.3. The molecule has 0 aliphatic heterocycles. The van der Waals surface area contributed by atoms with Gasteiger partial charge in [0.15, 0.2) is 0 Å². The molecule has 0 amide bonds. The third-order valence-corrected chi connectivity index (χ3v) is 2.55. The van der Waals surface area contributed by atoms with E-state index in [1.807, 2.05) is 6.07 Å². The normalized spacial score (nSPS) is 10.2. The molecule has 2 aromatic rings. The Hall–Kier alpha value is -1.86. The molecule has 17 heavy (non-hydrogen) atoms. The second-order valence-corrected chi connectivity index (χ2v) is 3.90. The summed E-state index contributed by atoms with van der Waals surface area (Å²) in [4.78, 5) is 4.07. The number of rotatable bonds is 3. The Morgan fingerprint density at radius 1 is 1.41 bits per heavy atom. The Kier molecular flexibility index (Phi) is 3.40. The van der Waals surface area contributed by atoms with Crippen LogP contribution in [0.5, 0.6) is 0 Å². The van der Waals surface area contributed by atoms with Crippen LogP contribution in [0, 0.1) is 17.1 Å². The smallest absolute Gasteiger partial charge is 0.124 e. The van der Waals surface area contributed by atoms with E-state index in [9.17, 15) is 4.39 Å². The van der Waals surface area contributed by atoms with E-state index >= 15 is 0 Å². The minimum Gasteiger partial charge on any atom is -0.333 e. The molecule has 0 radical (unpaired) electrons. The van der Waals surface area contributed by atoms with E-state index in [0.717, 1.165) is 11.3 Å². The first kappa shape index (κ1) is 11.6. The fraction of sp³-hybridized carbons (Fsp3) is 0.167. The van der Waals surface area contributed by atoms with Gasteiger partial charge in [-0.05, 0) is 23.8 Å². The summed E-state index contributed by atoms with van der Waals surface area (Å²) in [6, 6.07) is 6.19. The van der Waals surface area contributed by atoms with Crippen molar-refractivity contribution in [1.29, 1.82) is 5.26 Å². The molecule has 0 atom stereocenters. The van der Waals surface area contributed by atoms with Gasteiger partial charge in [-0.25, -0.2) is 9.37 Å². The fourth-order valence-electron chi connectivity index (χ4n) is 1.58. The maximum absolute atomic E-state index is 13.2. The Labute approximate surface area is 103 Å². The molecule has 3 nitrogen and oxygen atoms in total. The highest BCUT2D eigenvalue weighted by Crippen LogP contribution is 2.11. The summed E-state index contributed by atoms with van der Waals surface area (Å²) < 4.78 is 15.0. The summed E-state index contributed by atoms with van der Waals surface area (Å²) >= 11 is 5.64. The molecule has 5 heteroatoms. The topological polar surface area (TPSA) is 41.6 Å². The molecule has 0 saturated carbocycles. The first-order valence-electron chi connectivity index (χ1n) is 4.97. The quantitative estimate of drug-likeness (QED) is 0.785. The van der Waals surface area contributed by atoms with E-state index in [1.165, 1.54) is 12.1 Å². The van der Waals surface area contributed by atoms with E-state index < -0.39 is 5.82 Å². The highest BCUT2D eigenvalue weighted by Gasteiger charge is 2.02. The maximum Gasteiger partial charge on any atom is 0.124 e. The highest BCUT2D eigenvalue weighted by atomic mass is 35.5. The second-order valence-electron chi connectivity index (χ2n) is 3.63. The first-order valence-corrected chi connectivity index (χ1v) is 5.51. The van der Waals surface area contributed by atoms with Crippen LogP contribution in [0.15, 0.2) is 30.7 Å². The number of aromatic nitrogens is 2. The van der Waals surface area contributed by atoms with Gasteiger partial charge < -0.3 is 4.57 Å². The minimum atomic E-state index is -0.406. The van der Waals surface area contributed by atoms with Crippen molar-refractivity contribution >= 4 is 11.6 Å². The van der Waals surface area contributed by atoms with Crippen LogP contribution < -0.4 is 0 Å². The van der Waals surface area contributed by atoms with Gasteiger partial charge in [0.1, 0.15) is 5.82 Å². The van der Waals surface area contributed by atoms with Crippen molar-refractivity contribution in [2.75, 3.05) is 0 Å². The first-order chi connectivity index (χ1) is 8.21. The van der Waals surface area contributed by atoms with Crippen molar-refractivity contribution in [1.82, 2.24) is 9.55 Å². The number of halogens is 2. The van der Waals surface area contributed by atoms with Crippen LogP contribution in [0.2, 0.25) is 0 Å². The number of nitriles is 1. The summed E-state index contributed by atoms with van der Waals surface area (Å²) in [5, 5.41) is 8.74. The molecule has 0 saturated heterocycles. The van der Waals surface area contributed by atoms with E-state index in [0.29, 0.717) is 18.0 Å². The van der Waals surface area contributed by atoms with Crippen molar-refractivity contribution in [2.24, 2.45) is 0 Å². The van der Waals surface area contributed by atoms with Crippen LogP contribution in [0.4, 0.5) is 4.39 Å². The molecular formula is C12H9ClFN3. The second kappa shape index (κ2) is 4.98. The number of benzene rings is 1. The lowest BCUT2D eigenvalue weighted by Gasteiger charge is -2.03. The van der Waals surface area contributed by atoms with Crippen LogP contribution in [0.3, 0.4) is 0 Å². The average Bonchev–Trinajstić information content (AvgIpc) is 2.76. The maximum atomic E-state index is 13.2. The third-order valence-electron chi connectivity index (χ3n) is 2.28. The van der Waals surface area contributed by atoms with Gasteiger partial charge in [0.25, 0.3) is 0 Å². The van der Waals surface area contributed by atoms with Gasteiger partial charge in [-0.2, -0.15) is 5.26 Å². The monoisotopic (exact) mass is 249 g/mol. The van der Waals surface area contributed by atoms with Crippen LogP contribution in [0.1, 0.15) is 16.8 Å². The van der Waals surface area contributed by atoms with Crippen LogP contribution in [-0.2, 0) is 12.4 Å². The predicted molar refractivity (Wildman–Crippen MR) is 62.0 cm³/mol. The SMILES string of the molecule is N#Cc1cc(F)cc(Cn2cnc(CCl)c2)c1. The number of alkyl halides is 1. The van der Waals surface area contributed by atoms with Crippen molar-refractivity contribution in [3.8, 4) is 6.07 Å². The van der Waals surface area contributed by atoms with Gasteiger partial charge >= 0.3 is 0 Å². The molecule has 0 aliphatic carbocycles. The predicted octanol–water partition coefficient (Wildman–Crippen LogP) is 2.68. The zero-order valence-corrected chi connectivity index (χ0v) is 9.65. The van der Waals surface area contributed by atoms with Gasteiger partial charge in [-0.15, -0.1) is 11.6 Å². The lowest BCUT2D eigenvalue weighted by molar-refractivity contribution is 0.623. The summed E-state index contributed by atoms with van der Waals surface area (Å²) in [5.41, 5.74) is 1.81. The van der Waals surface area contributed by atoms with E-state index in [-0.39, 0.29) is 0 Å². The molecule has 0 fully saturated rings.